The molecule has 0 radical (unpaired) electrons. The van der Waals surface area contributed by atoms with E-state index in [-0.39, 0.29) is 0 Å². The van der Waals surface area contributed by atoms with Gasteiger partial charge >= 0.3 is 0 Å². The van der Waals surface area contributed by atoms with Gasteiger partial charge in [0.25, 0.3) is 0 Å². The maximum absolute atomic E-state index is 4.96. The zero-order valence-electron chi connectivity index (χ0n) is 7.84. The van der Waals surface area contributed by atoms with E-state index in [1.54, 1.807) is 18.4 Å². The molecule has 0 amide bonds. The molecule has 0 aliphatic rings. The van der Waals surface area contributed by atoms with Crippen molar-refractivity contribution in [2.75, 3.05) is 20.3 Å². The van der Waals surface area contributed by atoms with Crippen molar-refractivity contribution in [3.63, 3.8) is 0 Å². The second-order valence-corrected chi connectivity index (χ2v) is 5.31. The Morgan fingerprint density at radius 3 is 2.92 bits per heavy atom. The van der Waals surface area contributed by atoms with Crippen molar-refractivity contribution in [1.29, 1.82) is 0 Å². The van der Waals surface area contributed by atoms with Gasteiger partial charge in [0, 0.05) is 24.6 Å². The average Bonchev–Trinajstić information content (AvgIpc) is 2.52. The Morgan fingerprint density at radius 2 is 2.38 bits per heavy atom. The molecule has 4 heteroatoms. The fraction of sp³-hybridized carbons (Fsp3) is 0.556. The van der Waals surface area contributed by atoms with E-state index in [9.17, 15) is 0 Å². The van der Waals surface area contributed by atoms with E-state index in [4.69, 9.17) is 4.74 Å². The highest BCUT2D eigenvalue weighted by Gasteiger charge is 2.06. The Hall–Kier alpha value is 0.1000. The van der Waals surface area contributed by atoms with Gasteiger partial charge in [-0.25, -0.2) is 0 Å². The summed E-state index contributed by atoms with van der Waals surface area (Å²) in [6.45, 7) is 3.82. The molecule has 0 aromatic carbocycles. The lowest BCUT2D eigenvalue weighted by atomic mass is 10.3. The van der Waals surface area contributed by atoms with Crippen molar-refractivity contribution in [3.8, 4) is 0 Å². The van der Waals surface area contributed by atoms with Gasteiger partial charge in [0.15, 0.2) is 0 Å². The van der Waals surface area contributed by atoms with Crippen molar-refractivity contribution in [1.82, 2.24) is 5.32 Å². The average molecular weight is 264 g/mol. The van der Waals surface area contributed by atoms with Crippen molar-refractivity contribution in [3.05, 3.63) is 20.8 Å². The van der Waals surface area contributed by atoms with Crippen molar-refractivity contribution < 1.29 is 4.74 Å². The summed E-state index contributed by atoms with van der Waals surface area (Å²) in [6.07, 6.45) is 0. The summed E-state index contributed by atoms with van der Waals surface area (Å²) in [4.78, 5) is 1.35. The Bertz CT molecular complexity index is 252. The van der Waals surface area contributed by atoms with Crippen LogP contribution in [0.15, 0.2) is 15.9 Å². The summed E-state index contributed by atoms with van der Waals surface area (Å²) in [5.41, 5.74) is 0. The lowest BCUT2D eigenvalue weighted by Gasteiger charge is -2.10. The molecule has 0 aliphatic carbocycles. The van der Waals surface area contributed by atoms with Crippen LogP contribution >= 0.6 is 27.3 Å². The van der Waals surface area contributed by atoms with Crippen LogP contribution in [0.3, 0.4) is 0 Å². The van der Waals surface area contributed by atoms with Gasteiger partial charge < -0.3 is 10.1 Å². The van der Waals surface area contributed by atoms with Gasteiger partial charge in [0.2, 0.25) is 0 Å². The van der Waals surface area contributed by atoms with Gasteiger partial charge in [-0.2, -0.15) is 0 Å². The van der Waals surface area contributed by atoms with Crippen molar-refractivity contribution in [2.45, 2.75) is 13.0 Å². The zero-order chi connectivity index (χ0) is 9.68. The summed E-state index contributed by atoms with van der Waals surface area (Å²) in [6, 6.07) is 4.62. The van der Waals surface area contributed by atoms with E-state index < -0.39 is 0 Å². The van der Waals surface area contributed by atoms with E-state index in [0.29, 0.717) is 6.04 Å². The molecule has 1 atom stereocenters. The number of methoxy groups -OCH3 is 1. The SMILES string of the molecule is COCCN[C@@H](C)c1ccc(Br)s1. The van der Waals surface area contributed by atoms with E-state index in [0.717, 1.165) is 13.2 Å². The first-order valence-electron chi connectivity index (χ1n) is 4.21. The number of halogens is 1. The molecule has 1 N–H and O–H groups in total. The quantitative estimate of drug-likeness (QED) is 0.826. The molecular formula is C9H14BrNOS. The Labute approximate surface area is 91.4 Å². The second kappa shape index (κ2) is 5.75. The molecule has 0 aliphatic heterocycles. The van der Waals surface area contributed by atoms with Gasteiger partial charge in [0.1, 0.15) is 0 Å². The Balaban J connectivity index is 2.35. The zero-order valence-corrected chi connectivity index (χ0v) is 10.2. The molecule has 0 unspecified atom stereocenters. The molecule has 1 aromatic heterocycles. The van der Waals surface area contributed by atoms with Crippen LogP contribution in [0.25, 0.3) is 0 Å². The molecule has 13 heavy (non-hydrogen) atoms. The van der Waals surface area contributed by atoms with Gasteiger partial charge in [0.05, 0.1) is 10.4 Å². The Morgan fingerprint density at radius 1 is 1.62 bits per heavy atom. The van der Waals surface area contributed by atoms with Crippen LogP contribution in [0.1, 0.15) is 17.8 Å². The summed E-state index contributed by atoms with van der Waals surface area (Å²) in [5.74, 6) is 0. The minimum absolute atomic E-state index is 0.409. The fourth-order valence-electron chi connectivity index (χ4n) is 1.04. The third-order valence-corrected chi connectivity index (χ3v) is 3.58. The van der Waals surface area contributed by atoms with Crippen molar-refractivity contribution in [2.24, 2.45) is 0 Å². The monoisotopic (exact) mass is 263 g/mol. The van der Waals surface area contributed by atoms with E-state index in [1.807, 2.05) is 0 Å². The lowest BCUT2D eigenvalue weighted by molar-refractivity contribution is 0.196. The first-order valence-corrected chi connectivity index (χ1v) is 5.82. The molecule has 74 valence electrons. The predicted molar refractivity (Wildman–Crippen MR) is 60.3 cm³/mol. The van der Waals surface area contributed by atoms with Gasteiger partial charge in [-0.3, -0.25) is 0 Å². The van der Waals surface area contributed by atoms with Gasteiger partial charge in [-0.1, -0.05) is 0 Å². The van der Waals surface area contributed by atoms with E-state index in [2.05, 4.69) is 40.3 Å². The minimum atomic E-state index is 0.409. The minimum Gasteiger partial charge on any atom is -0.383 e. The number of thiophene rings is 1. The lowest BCUT2D eigenvalue weighted by Crippen LogP contribution is -2.22. The van der Waals surface area contributed by atoms with Crippen LogP contribution < -0.4 is 5.32 Å². The van der Waals surface area contributed by atoms with Crippen LogP contribution in [0, 0.1) is 0 Å². The molecule has 1 aromatic rings. The molecule has 0 saturated carbocycles. The second-order valence-electron chi connectivity index (χ2n) is 2.81. The third kappa shape index (κ3) is 3.77. The fourth-order valence-corrected chi connectivity index (χ4v) is 2.49. The molecule has 1 rings (SSSR count). The summed E-state index contributed by atoms with van der Waals surface area (Å²) < 4.78 is 6.15. The number of rotatable bonds is 5. The van der Waals surface area contributed by atoms with E-state index in [1.165, 1.54) is 8.66 Å². The molecule has 0 fully saturated rings. The molecule has 0 saturated heterocycles. The predicted octanol–water partition coefficient (Wildman–Crippen LogP) is 2.81. The normalized spacial score (nSPS) is 13.2. The number of nitrogens with one attached hydrogen (secondary N) is 1. The summed E-state index contributed by atoms with van der Waals surface area (Å²) in [5, 5.41) is 3.38. The Kier molecular flexibility index (Phi) is 4.94. The smallest absolute Gasteiger partial charge is 0.0701 e. The molecule has 0 spiro atoms. The third-order valence-electron chi connectivity index (χ3n) is 1.78. The topological polar surface area (TPSA) is 21.3 Å². The number of ether oxygens (including phenoxy) is 1. The van der Waals surface area contributed by atoms with Crippen LogP contribution in [0.4, 0.5) is 0 Å². The largest absolute Gasteiger partial charge is 0.383 e. The first-order chi connectivity index (χ1) is 6.24. The van der Waals surface area contributed by atoms with Crippen LogP contribution in [0.5, 0.6) is 0 Å². The molecule has 1 heterocycles. The highest BCUT2D eigenvalue weighted by Crippen LogP contribution is 2.26. The first kappa shape index (κ1) is 11.2. The summed E-state index contributed by atoms with van der Waals surface area (Å²) >= 11 is 5.22. The van der Waals surface area contributed by atoms with Crippen molar-refractivity contribution >= 4 is 27.3 Å². The van der Waals surface area contributed by atoms with Gasteiger partial charge in [-0.05, 0) is 35.0 Å². The maximum atomic E-state index is 4.96. The van der Waals surface area contributed by atoms with Gasteiger partial charge in [-0.15, -0.1) is 11.3 Å². The maximum Gasteiger partial charge on any atom is 0.0701 e. The highest BCUT2D eigenvalue weighted by atomic mass is 79.9. The van der Waals surface area contributed by atoms with Crippen LogP contribution in [0.2, 0.25) is 0 Å². The van der Waals surface area contributed by atoms with Crippen LogP contribution in [-0.2, 0) is 4.74 Å². The molecular weight excluding hydrogens is 250 g/mol. The van der Waals surface area contributed by atoms with Crippen LogP contribution in [-0.4, -0.2) is 20.3 Å². The highest BCUT2D eigenvalue weighted by molar-refractivity contribution is 9.11. The summed E-state index contributed by atoms with van der Waals surface area (Å²) in [7, 11) is 1.72. The molecule has 0 bridgehead atoms. The molecule has 2 nitrogen and oxygen atoms in total. The number of hydrogen-bond acceptors (Lipinski definition) is 3. The number of hydrogen-bond donors (Lipinski definition) is 1. The standard InChI is InChI=1S/C9H14BrNOS/c1-7(11-5-6-12-2)8-3-4-9(10)13-8/h3-4,7,11H,5-6H2,1-2H3/t7-/m0/s1. The van der Waals surface area contributed by atoms with E-state index >= 15 is 0 Å².